The maximum atomic E-state index is 13.6. The van der Waals surface area contributed by atoms with Crippen LogP contribution < -0.4 is 0 Å². The lowest BCUT2D eigenvalue weighted by atomic mass is 9.42. The number of hydrogen-bond donors (Lipinski definition) is 3. The van der Waals surface area contributed by atoms with Crippen molar-refractivity contribution in [2.24, 2.45) is 46.3 Å². The third-order valence-corrected chi connectivity index (χ3v) is 10.9. The standard InChI is InChI=1S/C27H46O4/c1-16(2)7-6-8-17(3)19-9-10-20-22-21(12-13-25(19,20)4)26(5)14-11-18(28)15-27(26,31)24(30)23(22)29/h16-22,24,28,30-31H,6-15H2,1-5H3/t17-,18+,19-,20+,21+,22+,24+,25-,26-,27+/m1/s1. The van der Waals surface area contributed by atoms with Gasteiger partial charge in [-0.3, -0.25) is 4.79 Å². The summed E-state index contributed by atoms with van der Waals surface area (Å²) in [7, 11) is 0. The molecule has 0 bridgehead atoms. The highest BCUT2D eigenvalue weighted by molar-refractivity contribution is 5.89. The molecule has 3 N–H and O–H groups in total. The third kappa shape index (κ3) is 3.46. The highest BCUT2D eigenvalue weighted by Crippen LogP contribution is 2.68. The molecule has 0 radical (unpaired) electrons. The van der Waals surface area contributed by atoms with E-state index < -0.39 is 23.2 Å². The van der Waals surface area contributed by atoms with Crippen LogP contribution in [0.4, 0.5) is 0 Å². The molecule has 4 nitrogen and oxygen atoms in total. The summed E-state index contributed by atoms with van der Waals surface area (Å²) in [4.78, 5) is 13.6. The fraction of sp³-hybridized carbons (Fsp3) is 0.963. The highest BCUT2D eigenvalue weighted by Gasteiger charge is 2.70. The van der Waals surface area contributed by atoms with E-state index in [4.69, 9.17) is 0 Å². The maximum Gasteiger partial charge on any atom is 0.167 e. The van der Waals surface area contributed by atoms with Gasteiger partial charge in [-0.1, -0.05) is 53.9 Å². The molecule has 0 aliphatic heterocycles. The second kappa shape index (κ2) is 8.09. The largest absolute Gasteiger partial charge is 0.393 e. The summed E-state index contributed by atoms with van der Waals surface area (Å²) < 4.78 is 0. The number of carbonyl (C=O) groups excluding carboxylic acids is 1. The zero-order chi connectivity index (χ0) is 22.8. The van der Waals surface area contributed by atoms with Crippen LogP contribution in [0.25, 0.3) is 0 Å². The van der Waals surface area contributed by atoms with Crippen LogP contribution in [0.1, 0.15) is 98.8 Å². The Morgan fingerprint density at radius 2 is 1.68 bits per heavy atom. The van der Waals surface area contributed by atoms with Crippen LogP contribution in [0, 0.1) is 46.3 Å². The third-order valence-electron chi connectivity index (χ3n) is 10.9. The lowest BCUT2D eigenvalue weighted by Gasteiger charge is -2.64. The Hall–Kier alpha value is -0.450. The second-order valence-corrected chi connectivity index (χ2v) is 12.8. The molecule has 0 spiro atoms. The van der Waals surface area contributed by atoms with Crippen LogP contribution in [0.5, 0.6) is 0 Å². The number of aliphatic hydroxyl groups excluding tert-OH is 2. The van der Waals surface area contributed by atoms with E-state index >= 15 is 0 Å². The van der Waals surface area contributed by atoms with Crippen LogP contribution in [0.2, 0.25) is 0 Å². The Morgan fingerprint density at radius 1 is 0.968 bits per heavy atom. The zero-order valence-electron chi connectivity index (χ0n) is 20.4. The molecule has 0 aromatic rings. The molecule has 0 heterocycles. The molecule has 4 rings (SSSR count). The van der Waals surface area contributed by atoms with Crippen molar-refractivity contribution in [2.45, 2.75) is 117 Å². The Morgan fingerprint density at radius 3 is 2.35 bits per heavy atom. The quantitative estimate of drug-likeness (QED) is 0.584. The smallest absolute Gasteiger partial charge is 0.167 e. The van der Waals surface area contributed by atoms with E-state index in [0.29, 0.717) is 30.6 Å². The van der Waals surface area contributed by atoms with Crippen molar-refractivity contribution < 1.29 is 20.1 Å². The molecule has 0 amide bonds. The van der Waals surface area contributed by atoms with Crippen LogP contribution >= 0.6 is 0 Å². The van der Waals surface area contributed by atoms with Crippen LogP contribution in [-0.2, 0) is 4.79 Å². The molecule has 4 heteroatoms. The van der Waals surface area contributed by atoms with E-state index in [1.807, 2.05) is 0 Å². The number of carbonyl (C=O) groups is 1. The van der Waals surface area contributed by atoms with Crippen LogP contribution in [0.15, 0.2) is 0 Å². The molecule has 10 atom stereocenters. The molecule has 0 saturated heterocycles. The Bertz CT molecular complexity index is 691. The molecular formula is C27H46O4. The molecule has 178 valence electrons. The summed E-state index contributed by atoms with van der Waals surface area (Å²) in [5.41, 5.74) is -1.82. The van der Waals surface area contributed by atoms with Gasteiger partial charge in [0.15, 0.2) is 5.78 Å². The number of rotatable bonds is 5. The molecular weight excluding hydrogens is 388 g/mol. The average Bonchev–Trinajstić information content (AvgIpc) is 3.05. The first-order valence-electron chi connectivity index (χ1n) is 13.1. The van der Waals surface area contributed by atoms with Crippen molar-refractivity contribution in [3.63, 3.8) is 0 Å². The molecule has 4 aliphatic carbocycles. The fourth-order valence-electron chi connectivity index (χ4n) is 9.00. The van der Waals surface area contributed by atoms with Gasteiger partial charge >= 0.3 is 0 Å². The summed E-state index contributed by atoms with van der Waals surface area (Å²) in [6.45, 7) is 11.5. The number of Topliss-reactive ketones (excluding diaryl/α,β-unsaturated/α-hetero) is 1. The molecule has 0 aromatic heterocycles. The molecule has 0 aromatic carbocycles. The van der Waals surface area contributed by atoms with Gasteiger partial charge in [0, 0.05) is 17.8 Å². The maximum absolute atomic E-state index is 13.6. The van der Waals surface area contributed by atoms with Crippen molar-refractivity contribution in [1.29, 1.82) is 0 Å². The lowest BCUT2D eigenvalue weighted by Crippen LogP contribution is -2.72. The van der Waals surface area contributed by atoms with Crippen LogP contribution in [0.3, 0.4) is 0 Å². The normalized spacial score (nSPS) is 50.7. The van der Waals surface area contributed by atoms with E-state index in [-0.39, 0.29) is 29.5 Å². The second-order valence-electron chi connectivity index (χ2n) is 12.8. The van der Waals surface area contributed by atoms with Gasteiger partial charge in [0.25, 0.3) is 0 Å². The van der Waals surface area contributed by atoms with Gasteiger partial charge in [-0.15, -0.1) is 0 Å². The fourth-order valence-corrected chi connectivity index (χ4v) is 9.00. The monoisotopic (exact) mass is 434 g/mol. The van der Waals surface area contributed by atoms with Gasteiger partial charge in [-0.2, -0.15) is 0 Å². The van der Waals surface area contributed by atoms with E-state index in [1.54, 1.807) is 0 Å². The predicted molar refractivity (Wildman–Crippen MR) is 122 cm³/mol. The average molecular weight is 435 g/mol. The van der Waals surface area contributed by atoms with Gasteiger partial charge in [0.2, 0.25) is 0 Å². The topological polar surface area (TPSA) is 77.8 Å². The van der Waals surface area contributed by atoms with Gasteiger partial charge in [-0.25, -0.2) is 0 Å². The van der Waals surface area contributed by atoms with Crippen molar-refractivity contribution in [1.82, 2.24) is 0 Å². The Kier molecular flexibility index (Phi) is 6.19. The van der Waals surface area contributed by atoms with E-state index in [0.717, 1.165) is 25.2 Å². The zero-order valence-corrected chi connectivity index (χ0v) is 20.4. The van der Waals surface area contributed by atoms with Crippen molar-refractivity contribution in [3.05, 3.63) is 0 Å². The van der Waals surface area contributed by atoms with E-state index in [2.05, 4.69) is 34.6 Å². The summed E-state index contributed by atoms with van der Waals surface area (Å²) >= 11 is 0. The summed E-state index contributed by atoms with van der Waals surface area (Å²) in [6, 6.07) is 0. The summed E-state index contributed by atoms with van der Waals surface area (Å²) in [5.74, 6) is 2.24. The molecule has 31 heavy (non-hydrogen) atoms. The summed E-state index contributed by atoms with van der Waals surface area (Å²) in [5, 5.41) is 32.9. The van der Waals surface area contributed by atoms with Crippen molar-refractivity contribution in [2.75, 3.05) is 0 Å². The Balaban J connectivity index is 1.58. The van der Waals surface area contributed by atoms with Crippen molar-refractivity contribution in [3.8, 4) is 0 Å². The minimum Gasteiger partial charge on any atom is -0.393 e. The number of fused-ring (bicyclic) bond motifs is 5. The lowest BCUT2D eigenvalue weighted by molar-refractivity contribution is -0.250. The predicted octanol–water partition coefficient (Wildman–Crippen LogP) is 4.73. The Labute approximate surface area is 189 Å². The van der Waals surface area contributed by atoms with Crippen molar-refractivity contribution >= 4 is 5.78 Å². The molecule has 0 unspecified atom stereocenters. The van der Waals surface area contributed by atoms with Gasteiger partial charge in [-0.05, 0) is 73.5 Å². The first-order valence-corrected chi connectivity index (χ1v) is 13.1. The summed E-state index contributed by atoms with van der Waals surface area (Å²) in [6.07, 6.45) is 7.66. The van der Waals surface area contributed by atoms with Crippen LogP contribution in [-0.4, -0.2) is 38.9 Å². The number of aliphatic hydroxyl groups is 3. The first-order chi connectivity index (χ1) is 14.5. The molecule has 4 fully saturated rings. The molecule has 4 saturated carbocycles. The minimum atomic E-state index is -1.49. The minimum absolute atomic E-state index is 0.119. The van der Waals surface area contributed by atoms with Gasteiger partial charge in [0.05, 0.1) is 6.10 Å². The first kappa shape index (κ1) is 23.7. The number of hydrogen-bond acceptors (Lipinski definition) is 4. The highest BCUT2D eigenvalue weighted by atomic mass is 16.4. The molecule has 4 aliphatic rings. The number of ketones is 1. The van der Waals surface area contributed by atoms with E-state index in [1.165, 1.54) is 25.7 Å². The van der Waals surface area contributed by atoms with E-state index in [9.17, 15) is 20.1 Å². The SMILES string of the molecule is CC(C)CCC[C@@H](C)[C@H]1CC[C@H]2[C@@H]3C(=O)[C@H](O)[C@@]4(O)C[C@@H](O)CC[C@]4(C)[C@H]3CC[C@]12C. The van der Waals surface area contributed by atoms with Gasteiger partial charge in [0.1, 0.15) is 11.7 Å². The van der Waals surface area contributed by atoms with Gasteiger partial charge < -0.3 is 15.3 Å².